The summed E-state index contributed by atoms with van der Waals surface area (Å²) in [5, 5.41) is 0.776. The first-order valence-electron chi connectivity index (χ1n) is 5.57. The number of Topliss-reactive ketones (excluding diaryl/α,β-unsaturated/α-hetero) is 1. The Morgan fingerprint density at radius 3 is 2.79 bits per heavy atom. The molecule has 0 bridgehead atoms. The third-order valence-corrected chi connectivity index (χ3v) is 4.08. The number of ketones is 1. The first kappa shape index (κ1) is 11.8. The summed E-state index contributed by atoms with van der Waals surface area (Å²) in [5.74, 6) is 1.16. The molecule has 0 radical (unpaired) electrons. The zero-order valence-electron chi connectivity index (χ0n) is 8.84. The fraction of sp³-hybridized carbons (Fsp3) is 0.750. The molecule has 1 rings (SSSR count). The summed E-state index contributed by atoms with van der Waals surface area (Å²) < 4.78 is 0. The van der Waals surface area contributed by atoms with Gasteiger partial charge in [0.25, 0.3) is 0 Å². The van der Waals surface area contributed by atoms with E-state index in [0.717, 1.165) is 30.3 Å². The van der Waals surface area contributed by atoms with Crippen molar-refractivity contribution in [2.24, 2.45) is 0 Å². The number of thioether (sulfide) groups is 1. The van der Waals surface area contributed by atoms with E-state index in [-0.39, 0.29) is 0 Å². The maximum absolute atomic E-state index is 11.4. The lowest BCUT2D eigenvalue weighted by atomic mass is 10.2. The maximum atomic E-state index is 11.4. The molecule has 0 N–H and O–H groups in total. The lowest BCUT2D eigenvalue weighted by Gasteiger charge is -2.06. The summed E-state index contributed by atoms with van der Waals surface area (Å²) in [5.41, 5.74) is 0. The van der Waals surface area contributed by atoms with Crippen molar-refractivity contribution in [3.8, 4) is 0 Å². The normalized spacial score (nSPS) is 17.1. The van der Waals surface area contributed by atoms with Gasteiger partial charge < -0.3 is 0 Å². The largest absolute Gasteiger partial charge is 0.299 e. The van der Waals surface area contributed by atoms with Gasteiger partial charge in [0.2, 0.25) is 0 Å². The molecule has 0 spiro atoms. The molecule has 1 aliphatic rings. The molecule has 0 heterocycles. The van der Waals surface area contributed by atoms with Crippen LogP contribution in [0.4, 0.5) is 0 Å². The quantitative estimate of drug-likeness (QED) is 0.474. The Morgan fingerprint density at radius 1 is 1.43 bits per heavy atom. The van der Waals surface area contributed by atoms with Crippen molar-refractivity contribution < 1.29 is 4.79 Å². The van der Waals surface area contributed by atoms with Gasteiger partial charge in [-0.15, -0.1) is 6.58 Å². The minimum absolute atomic E-state index is 0.420. The molecule has 0 aromatic rings. The number of rotatable bonds is 7. The van der Waals surface area contributed by atoms with Crippen molar-refractivity contribution in [2.75, 3.05) is 5.75 Å². The van der Waals surface area contributed by atoms with E-state index in [1.807, 2.05) is 17.8 Å². The van der Waals surface area contributed by atoms with Crippen molar-refractivity contribution in [2.45, 2.75) is 50.2 Å². The summed E-state index contributed by atoms with van der Waals surface area (Å²) in [6, 6.07) is 0. The second-order valence-electron chi connectivity index (χ2n) is 3.94. The Morgan fingerprint density at radius 2 is 2.14 bits per heavy atom. The topological polar surface area (TPSA) is 17.1 Å². The molecular formula is C12H20OS. The second-order valence-corrected chi connectivity index (χ2v) is 5.23. The molecular weight excluding hydrogens is 192 g/mol. The van der Waals surface area contributed by atoms with Gasteiger partial charge in [-0.2, -0.15) is 11.8 Å². The fourth-order valence-electron chi connectivity index (χ4n) is 1.78. The van der Waals surface area contributed by atoms with Gasteiger partial charge in [-0.05, 0) is 25.7 Å². The van der Waals surface area contributed by atoms with Crippen LogP contribution < -0.4 is 0 Å². The molecule has 0 aromatic carbocycles. The Bertz CT molecular complexity index is 183. The van der Waals surface area contributed by atoms with Crippen LogP contribution >= 0.6 is 11.8 Å². The predicted octanol–water partition coefficient (Wildman–Crippen LogP) is 3.59. The molecule has 0 aliphatic heterocycles. The van der Waals surface area contributed by atoms with Gasteiger partial charge in [-0.25, -0.2) is 0 Å². The highest BCUT2D eigenvalue weighted by molar-refractivity contribution is 8.00. The van der Waals surface area contributed by atoms with E-state index in [1.165, 1.54) is 25.7 Å². The van der Waals surface area contributed by atoms with E-state index in [1.54, 1.807) is 0 Å². The summed E-state index contributed by atoms with van der Waals surface area (Å²) in [7, 11) is 0. The maximum Gasteiger partial charge on any atom is 0.142 e. The fourth-order valence-corrected chi connectivity index (χ4v) is 3.01. The van der Waals surface area contributed by atoms with Gasteiger partial charge in [-0.3, -0.25) is 4.79 Å². The molecule has 2 heteroatoms. The highest BCUT2D eigenvalue weighted by Gasteiger charge is 2.16. The predicted molar refractivity (Wildman–Crippen MR) is 63.8 cm³/mol. The molecule has 0 unspecified atom stereocenters. The van der Waals surface area contributed by atoms with Crippen LogP contribution in [0.1, 0.15) is 44.9 Å². The van der Waals surface area contributed by atoms with Crippen molar-refractivity contribution in [3.05, 3.63) is 12.7 Å². The standard InChI is InChI=1S/C12H20OS/c1-2-3-4-7-11(13)10-14-12-8-5-6-9-12/h2,12H,1,3-10H2. The number of hydrogen-bond donors (Lipinski definition) is 0. The van der Waals surface area contributed by atoms with Crippen molar-refractivity contribution in [3.63, 3.8) is 0 Å². The summed E-state index contributed by atoms with van der Waals surface area (Å²) in [4.78, 5) is 11.4. The van der Waals surface area contributed by atoms with E-state index in [2.05, 4.69) is 6.58 Å². The Balaban J connectivity index is 1.99. The monoisotopic (exact) mass is 212 g/mol. The summed E-state index contributed by atoms with van der Waals surface area (Å²) in [6.45, 7) is 3.65. The van der Waals surface area contributed by atoms with Gasteiger partial charge in [0, 0.05) is 11.7 Å². The average molecular weight is 212 g/mol. The van der Waals surface area contributed by atoms with Gasteiger partial charge in [-0.1, -0.05) is 18.9 Å². The molecule has 14 heavy (non-hydrogen) atoms. The third-order valence-electron chi connectivity index (χ3n) is 2.65. The van der Waals surface area contributed by atoms with E-state index >= 15 is 0 Å². The Hall–Kier alpha value is -0.240. The smallest absolute Gasteiger partial charge is 0.142 e. The number of unbranched alkanes of at least 4 members (excludes halogenated alkanes) is 1. The lowest BCUT2D eigenvalue weighted by Crippen LogP contribution is -2.05. The van der Waals surface area contributed by atoms with Crippen LogP contribution in [-0.4, -0.2) is 16.8 Å². The molecule has 1 nitrogen and oxygen atoms in total. The lowest BCUT2D eigenvalue weighted by molar-refractivity contribution is -0.116. The molecule has 80 valence electrons. The van der Waals surface area contributed by atoms with Crippen LogP contribution in [0.2, 0.25) is 0 Å². The third kappa shape index (κ3) is 4.85. The van der Waals surface area contributed by atoms with Crippen molar-refractivity contribution >= 4 is 17.5 Å². The molecule has 1 aliphatic carbocycles. The SMILES string of the molecule is C=CCCCC(=O)CSC1CCCC1. The molecule has 0 atom stereocenters. The molecule has 0 saturated heterocycles. The Labute approximate surface area is 91.3 Å². The van der Waals surface area contributed by atoms with E-state index < -0.39 is 0 Å². The van der Waals surface area contributed by atoms with Gasteiger partial charge >= 0.3 is 0 Å². The van der Waals surface area contributed by atoms with Gasteiger partial charge in [0.15, 0.2) is 0 Å². The summed E-state index contributed by atoms with van der Waals surface area (Å²) in [6.07, 6.45) is 9.95. The molecule has 1 fully saturated rings. The minimum Gasteiger partial charge on any atom is -0.299 e. The van der Waals surface area contributed by atoms with Crippen LogP contribution in [0.3, 0.4) is 0 Å². The number of carbonyl (C=O) groups is 1. The van der Waals surface area contributed by atoms with E-state index in [0.29, 0.717) is 5.78 Å². The summed E-state index contributed by atoms with van der Waals surface area (Å²) >= 11 is 1.87. The average Bonchev–Trinajstić information content (AvgIpc) is 2.68. The molecule has 1 saturated carbocycles. The van der Waals surface area contributed by atoms with Gasteiger partial charge in [0.1, 0.15) is 5.78 Å². The van der Waals surface area contributed by atoms with Crippen LogP contribution in [0.5, 0.6) is 0 Å². The molecule has 0 aromatic heterocycles. The van der Waals surface area contributed by atoms with Gasteiger partial charge in [0.05, 0.1) is 5.75 Å². The van der Waals surface area contributed by atoms with Crippen molar-refractivity contribution in [1.29, 1.82) is 0 Å². The van der Waals surface area contributed by atoms with E-state index in [9.17, 15) is 4.79 Å². The second kappa shape index (κ2) is 7.10. The minimum atomic E-state index is 0.420. The number of hydrogen-bond acceptors (Lipinski definition) is 2. The van der Waals surface area contributed by atoms with Crippen LogP contribution in [0, 0.1) is 0 Å². The number of carbonyl (C=O) groups excluding carboxylic acids is 1. The van der Waals surface area contributed by atoms with Crippen LogP contribution in [-0.2, 0) is 4.79 Å². The van der Waals surface area contributed by atoms with Crippen LogP contribution in [0.25, 0.3) is 0 Å². The number of allylic oxidation sites excluding steroid dienone is 1. The zero-order chi connectivity index (χ0) is 10.2. The highest BCUT2D eigenvalue weighted by Crippen LogP contribution is 2.29. The zero-order valence-corrected chi connectivity index (χ0v) is 9.65. The van der Waals surface area contributed by atoms with Crippen molar-refractivity contribution in [1.82, 2.24) is 0 Å². The first-order valence-corrected chi connectivity index (χ1v) is 6.62. The van der Waals surface area contributed by atoms with E-state index in [4.69, 9.17) is 0 Å². The van der Waals surface area contributed by atoms with Crippen LogP contribution in [0.15, 0.2) is 12.7 Å². The first-order chi connectivity index (χ1) is 6.83. The molecule has 0 amide bonds. The Kier molecular flexibility index (Phi) is 6.00. The highest BCUT2D eigenvalue weighted by atomic mass is 32.2.